The van der Waals surface area contributed by atoms with Gasteiger partial charge in [-0.05, 0) is 49.2 Å². The predicted molar refractivity (Wildman–Crippen MR) is 98.8 cm³/mol. The Morgan fingerprint density at radius 3 is 2.76 bits per heavy atom. The van der Waals surface area contributed by atoms with Crippen molar-refractivity contribution in [1.29, 1.82) is 5.26 Å². The minimum Gasteiger partial charge on any atom is -0.391 e. The first-order valence-corrected chi connectivity index (χ1v) is 8.08. The molecule has 3 rings (SSSR count). The summed E-state index contributed by atoms with van der Waals surface area (Å²) < 4.78 is 2.08. The van der Waals surface area contributed by atoms with E-state index in [1.165, 1.54) is 11.1 Å². The molecule has 0 aliphatic heterocycles. The SMILES string of the molecule is Cc1cccc(-n2cccc2/C=N\OCc2ccccc2C#N)c1C. The standard InChI is InChI=1S/C21H19N3O/c1-16-7-5-11-21(17(16)2)24-12-6-10-20(24)14-23-25-15-19-9-4-3-8-18(19)13-22/h3-12,14H,15H2,1-2H3/b23-14-. The van der Waals surface area contributed by atoms with E-state index in [1.807, 2.05) is 42.6 Å². The highest BCUT2D eigenvalue weighted by Crippen LogP contribution is 2.19. The molecule has 0 aliphatic carbocycles. The summed E-state index contributed by atoms with van der Waals surface area (Å²) in [4.78, 5) is 5.39. The Morgan fingerprint density at radius 2 is 1.92 bits per heavy atom. The first-order chi connectivity index (χ1) is 12.2. The van der Waals surface area contributed by atoms with Gasteiger partial charge in [0.2, 0.25) is 0 Å². The van der Waals surface area contributed by atoms with Crippen molar-refractivity contribution in [3.8, 4) is 11.8 Å². The summed E-state index contributed by atoms with van der Waals surface area (Å²) in [6.07, 6.45) is 3.70. The third-order valence-electron chi connectivity index (χ3n) is 4.23. The minimum atomic E-state index is 0.268. The molecule has 2 aromatic carbocycles. The van der Waals surface area contributed by atoms with Gasteiger partial charge < -0.3 is 9.40 Å². The van der Waals surface area contributed by atoms with Crippen molar-refractivity contribution in [2.75, 3.05) is 0 Å². The largest absolute Gasteiger partial charge is 0.391 e. The van der Waals surface area contributed by atoms with Crippen LogP contribution in [0.15, 0.2) is 65.9 Å². The molecule has 3 aromatic rings. The predicted octanol–water partition coefficient (Wildman–Crippen LogP) is 4.52. The Bertz CT molecular complexity index is 948. The molecule has 0 atom stereocenters. The molecule has 1 heterocycles. The van der Waals surface area contributed by atoms with Gasteiger partial charge in [-0.2, -0.15) is 5.26 Å². The van der Waals surface area contributed by atoms with Gasteiger partial charge in [-0.1, -0.05) is 35.5 Å². The third-order valence-corrected chi connectivity index (χ3v) is 4.23. The number of oxime groups is 1. The summed E-state index contributed by atoms with van der Waals surface area (Å²) in [7, 11) is 0. The molecule has 0 unspecified atom stereocenters. The van der Waals surface area contributed by atoms with Crippen molar-refractivity contribution >= 4 is 6.21 Å². The van der Waals surface area contributed by atoms with Crippen LogP contribution in [0.4, 0.5) is 0 Å². The van der Waals surface area contributed by atoms with Crippen molar-refractivity contribution in [3.05, 3.63) is 88.7 Å². The number of benzene rings is 2. The highest BCUT2D eigenvalue weighted by Gasteiger charge is 2.06. The van der Waals surface area contributed by atoms with Crippen LogP contribution in [0, 0.1) is 25.2 Å². The number of aromatic nitrogens is 1. The normalized spacial score (nSPS) is 10.8. The first-order valence-electron chi connectivity index (χ1n) is 8.08. The molecule has 124 valence electrons. The smallest absolute Gasteiger partial charge is 0.143 e. The number of aryl methyl sites for hydroxylation is 1. The molecular formula is C21H19N3O. The third kappa shape index (κ3) is 3.61. The fraction of sp³-hybridized carbons (Fsp3) is 0.143. The van der Waals surface area contributed by atoms with Gasteiger partial charge in [0.05, 0.1) is 23.5 Å². The molecule has 4 nitrogen and oxygen atoms in total. The van der Waals surface area contributed by atoms with Gasteiger partial charge in [0.15, 0.2) is 0 Å². The molecule has 0 saturated carbocycles. The second kappa shape index (κ2) is 7.50. The molecule has 0 N–H and O–H groups in total. The fourth-order valence-electron chi connectivity index (χ4n) is 2.67. The number of hydrogen-bond acceptors (Lipinski definition) is 3. The van der Waals surface area contributed by atoms with Crippen molar-refractivity contribution in [2.24, 2.45) is 5.16 Å². The summed E-state index contributed by atoms with van der Waals surface area (Å²) in [6, 6.07) is 19.7. The molecule has 0 spiro atoms. The molecule has 0 saturated heterocycles. The molecule has 0 aliphatic rings. The van der Waals surface area contributed by atoms with Gasteiger partial charge in [-0.25, -0.2) is 0 Å². The lowest BCUT2D eigenvalue weighted by atomic mass is 10.1. The zero-order chi connectivity index (χ0) is 17.6. The van der Waals surface area contributed by atoms with Gasteiger partial charge in [-0.3, -0.25) is 0 Å². The molecule has 1 aromatic heterocycles. The topological polar surface area (TPSA) is 50.3 Å². The minimum absolute atomic E-state index is 0.268. The highest BCUT2D eigenvalue weighted by atomic mass is 16.6. The average molecular weight is 329 g/mol. The summed E-state index contributed by atoms with van der Waals surface area (Å²) >= 11 is 0. The Kier molecular flexibility index (Phi) is 4.96. The molecule has 0 bridgehead atoms. The lowest BCUT2D eigenvalue weighted by Gasteiger charge is -2.11. The molecular weight excluding hydrogens is 310 g/mol. The van der Waals surface area contributed by atoms with Crippen molar-refractivity contribution in [1.82, 2.24) is 4.57 Å². The van der Waals surface area contributed by atoms with Crippen LogP contribution in [-0.4, -0.2) is 10.8 Å². The van der Waals surface area contributed by atoms with Gasteiger partial charge in [0.1, 0.15) is 6.61 Å². The van der Waals surface area contributed by atoms with Crippen LogP contribution in [0.1, 0.15) is 27.9 Å². The summed E-state index contributed by atoms with van der Waals surface area (Å²) in [5.41, 5.74) is 5.97. The van der Waals surface area contributed by atoms with E-state index >= 15 is 0 Å². The summed E-state index contributed by atoms with van der Waals surface area (Å²) in [5, 5.41) is 13.2. The maximum atomic E-state index is 9.09. The monoisotopic (exact) mass is 329 g/mol. The van der Waals surface area contributed by atoms with E-state index in [0.717, 1.165) is 16.9 Å². The van der Waals surface area contributed by atoms with E-state index < -0.39 is 0 Å². The average Bonchev–Trinajstić information content (AvgIpc) is 3.09. The Morgan fingerprint density at radius 1 is 1.08 bits per heavy atom. The van der Waals surface area contributed by atoms with Gasteiger partial charge in [0.25, 0.3) is 0 Å². The molecule has 0 amide bonds. The van der Waals surface area contributed by atoms with E-state index in [2.05, 4.69) is 41.8 Å². The summed E-state index contributed by atoms with van der Waals surface area (Å²) in [5.74, 6) is 0. The van der Waals surface area contributed by atoms with Crippen LogP contribution < -0.4 is 0 Å². The zero-order valence-electron chi connectivity index (χ0n) is 14.3. The van der Waals surface area contributed by atoms with E-state index in [9.17, 15) is 0 Å². The van der Waals surface area contributed by atoms with E-state index in [1.54, 1.807) is 12.3 Å². The quantitative estimate of drug-likeness (QED) is 0.510. The number of nitrogens with zero attached hydrogens (tertiary/aromatic N) is 3. The van der Waals surface area contributed by atoms with Crippen LogP contribution >= 0.6 is 0 Å². The molecule has 4 heteroatoms. The molecule has 25 heavy (non-hydrogen) atoms. The maximum Gasteiger partial charge on any atom is 0.143 e. The Balaban J connectivity index is 1.75. The van der Waals surface area contributed by atoms with Crippen LogP contribution in [-0.2, 0) is 11.4 Å². The number of hydrogen-bond donors (Lipinski definition) is 0. The van der Waals surface area contributed by atoms with E-state index in [0.29, 0.717) is 5.56 Å². The van der Waals surface area contributed by atoms with E-state index in [4.69, 9.17) is 10.1 Å². The lowest BCUT2D eigenvalue weighted by molar-refractivity contribution is 0.132. The lowest BCUT2D eigenvalue weighted by Crippen LogP contribution is -2.01. The van der Waals surface area contributed by atoms with Crippen molar-refractivity contribution in [2.45, 2.75) is 20.5 Å². The second-order valence-corrected chi connectivity index (χ2v) is 5.80. The van der Waals surface area contributed by atoms with Crippen molar-refractivity contribution < 1.29 is 4.84 Å². The second-order valence-electron chi connectivity index (χ2n) is 5.80. The number of rotatable bonds is 5. The van der Waals surface area contributed by atoms with Gasteiger partial charge in [0, 0.05) is 17.4 Å². The fourth-order valence-corrected chi connectivity index (χ4v) is 2.67. The first kappa shape index (κ1) is 16.5. The van der Waals surface area contributed by atoms with Crippen LogP contribution in [0.2, 0.25) is 0 Å². The summed E-state index contributed by atoms with van der Waals surface area (Å²) in [6.45, 7) is 4.48. The van der Waals surface area contributed by atoms with Gasteiger partial charge >= 0.3 is 0 Å². The highest BCUT2D eigenvalue weighted by molar-refractivity contribution is 5.78. The van der Waals surface area contributed by atoms with Crippen molar-refractivity contribution in [3.63, 3.8) is 0 Å². The van der Waals surface area contributed by atoms with Crippen LogP contribution in [0.3, 0.4) is 0 Å². The maximum absolute atomic E-state index is 9.09. The Labute approximate surface area is 147 Å². The zero-order valence-corrected chi connectivity index (χ0v) is 14.3. The number of nitriles is 1. The molecule has 0 fully saturated rings. The van der Waals surface area contributed by atoms with Crippen LogP contribution in [0.25, 0.3) is 5.69 Å². The molecule has 0 radical (unpaired) electrons. The Hall–Kier alpha value is -3.32. The van der Waals surface area contributed by atoms with Gasteiger partial charge in [-0.15, -0.1) is 0 Å². The van der Waals surface area contributed by atoms with E-state index in [-0.39, 0.29) is 6.61 Å². The van der Waals surface area contributed by atoms with Crippen LogP contribution in [0.5, 0.6) is 0 Å².